The van der Waals surface area contributed by atoms with Crippen molar-refractivity contribution in [2.45, 2.75) is 6.54 Å². The maximum Gasteiger partial charge on any atom is 0.121 e. The lowest BCUT2D eigenvalue weighted by molar-refractivity contribution is -0.858. The van der Waals surface area contributed by atoms with Gasteiger partial charge in [-0.25, -0.2) is 0 Å². The van der Waals surface area contributed by atoms with Crippen LogP contribution < -0.4 is 4.90 Å². The summed E-state index contributed by atoms with van der Waals surface area (Å²) in [6, 6.07) is 12.4. The van der Waals surface area contributed by atoms with Crippen molar-refractivity contribution >= 4 is 10.9 Å². The van der Waals surface area contributed by atoms with Gasteiger partial charge in [-0.3, -0.25) is 0 Å². The second-order valence-electron chi connectivity index (χ2n) is 4.31. The fraction of sp³-hybridized carbons (Fsp3) is 0.308. The van der Waals surface area contributed by atoms with Crippen molar-refractivity contribution in [2.24, 2.45) is 0 Å². The van der Waals surface area contributed by atoms with E-state index in [4.69, 9.17) is 5.26 Å². The maximum atomic E-state index is 9.11. The van der Waals surface area contributed by atoms with Crippen LogP contribution in [0.4, 0.5) is 0 Å². The molecular formula is C13H16N3+. The lowest BCUT2D eigenvalue weighted by Gasteiger charge is -2.10. The molecular weight excluding hydrogens is 198 g/mol. The van der Waals surface area contributed by atoms with Gasteiger partial charge in [-0.15, -0.1) is 0 Å². The Morgan fingerprint density at radius 3 is 2.75 bits per heavy atom. The molecule has 2 rings (SSSR count). The molecule has 1 heterocycles. The molecule has 0 fully saturated rings. The molecule has 3 nitrogen and oxygen atoms in total. The molecule has 0 atom stereocenters. The van der Waals surface area contributed by atoms with Crippen LogP contribution in [0.25, 0.3) is 10.9 Å². The summed E-state index contributed by atoms with van der Waals surface area (Å²) in [5, 5.41) is 10.3. The minimum absolute atomic E-state index is 0.752. The van der Waals surface area contributed by atoms with E-state index in [0.717, 1.165) is 29.7 Å². The zero-order chi connectivity index (χ0) is 11.5. The third kappa shape index (κ3) is 1.93. The summed E-state index contributed by atoms with van der Waals surface area (Å²) in [4.78, 5) is 1.39. The molecule has 0 spiro atoms. The van der Waals surface area contributed by atoms with Crippen LogP contribution in [0.1, 0.15) is 5.69 Å². The minimum atomic E-state index is 0.752. The highest BCUT2D eigenvalue weighted by molar-refractivity contribution is 5.82. The molecule has 0 unspecified atom stereocenters. The lowest BCUT2D eigenvalue weighted by atomic mass is 10.2. The van der Waals surface area contributed by atoms with Crippen LogP contribution >= 0.6 is 0 Å². The van der Waals surface area contributed by atoms with Crippen LogP contribution in [0, 0.1) is 11.3 Å². The summed E-state index contributed by atoms with van der Waals surface area (Å²) in [5.41, 5.74) is 1.91. The third-order valence-corrected chi connectivity index (χ3v) is 2.76. The van der Waals surface area contributed by atoms with E-state index < -0.39 is 0 Å². The molecule has 82 valence electrons. The van der Waals surface area contributed by atoms with E-state index in [1.165, 1.54) is 4.90 Å². The average Bonchev–Trinajstić information content (AvgIpc) is 2.64. The van der Waals surface area contributed by atoms with Gasteiger partial charge >= 0.3 is 0 Å². The third-order valence-electron chi connectivity index (χ3n) is 2.76. The SMILES string of the molecule is C[NH+](C)CCn1c(C#N)cc2ccccc21. The summed E-state index contributed by atoms with van der Waals surface area (Å²) < 4.78 is 2.10. The molecule has 1 aromatic carbocycles. The first-order valence-electron chi connectivity index (χ1n) is 5.50. The molecule has 0 bridgehead atoms. The lowest BCUT2D eigenvalue weighted by Crippen LogP contribution is -3.06. The van der Waals surface area contributed by atoms with Crippen molar-refractivity contribution in [2.75, 3.05) is 20.6 Å². The van der Waals surface area contributed by atoms with Crippen LogP contribution in [-0.2, 0) is 6.54 Å². The largest absolute Gasteiger partial charge is 0.338 e. The van der Waals surface area contributed by atoms with Crippen molar-refractivity contribution in [3.8, 4) is 6.07 Å². The number of benzene rings is 1. The number of nitrogens with one attached hydrogen (secondary N) is 1. The van der Waals surface area contributed by atoms with Crippen LogP contribution in [-0.4, -0.2) is 25.2 Å². The van der Waals surface area contributed by atoms with Gasteiger partial charge in [0.2, 0.25) is 0 Å². The van der Waals surface area contributed by atoms with E-state index >= 15 is 0 Å². The van der Waals surface area contributed by atoms with Gasteiger partial charge in [0.1, 0.15) is 11.8 Å². The Balaban J connectivity index is 2.44. The second kappa shape index (κ2) is 4.38. The molecule has 0 aliphatic rings. The number of hydrogen-bond acceptors (Lipinski definition) is 1. The number of rotatable bonds is 3. The predicted octanol–water partition coefficient (Wildman–Crippen LogP) is 0.657. The molecule has 2 aromatic rings. The molecule has 16 heavy (non-hydrogen) atoms. The Kier molecular flexibility index (Phi) is 2.93. The summed E-state index contributed by atoms with van der Waals surface area (Å²) in [5.74, 6) is 0. The molecule has 1 N–H and O–H groups in total. The first-order chi connectivity index (χ1) is 7.72. The Hall–Kier alpha value is -1.79. The van der Waals surface area contributed by atoms with E-state index in [1.807, 2.05) is 18.2 Å². The molecule has 3 heteroatoms. The van der Waals surface area contributed by atoms with Crippen LogP contribution in [0.2, 0.25) is 0 Å². The summed E-state index contributed by atoms with van der Waals surface area (Å²) >= 11 is 0. The second-order valence-corrected chi connectivity index (χ2v) is 4.31. The molecule has 0 aliphatic carbocycles. The highest BCUT2D eigenvalue weighted by atomic mass is 15.1. The summed E-state index contributed by atoms with van der Waals surface area (Å²) in [6.45, 7) is 1.91. The Bertz CT molecular complexity index is 532. The van der Waals surface area contributed by atoms with Gasteiger partial charge in [0.15, 0.2) is 0 Å². The van der Waals surface area contributed by atoms with Crippen molar-refractivity contribution < 1.29 is 4.90 Å². The number of para-hydroxylation sites is 1. The highest BCUT2D eigenvalue weighted by Crippen LogP contribution is 2.18. The quantitative estimate of drug-likeness (QED) is 0.800. The summed E-state index contributed by atoms with van der Waals surface area (Å²) in [7, 11) is 4.25. The Morgan fingerprint density at radius 2 is 2.06 bits per heavy atom. The van der Waals surface area contributed by atoms with Crippen LogP contribution in [0.5, 0.6) is 0 Å². The Morgan fingerprint density at radius 1 is 1.31 bits per heavy atom. The monoisotopic (exact) mass is 214 g/mol. The topological polar surface area (TPSA) is 33.2 Å². The van der Waals surface area contributed by atoms with Gasteiger partial charge < -0.3 is 9.47 Å². The molecule has 0 saturated heterocycles. The van der Waals surface area contributed by atoms with Gasteiger partial charge in [0, 0.05) is 10.9 Å². The number of fused-ring (bicyclic) bond motifs is 1. The first-order valence-corrected chi connectivity index (χ1v) is 5.50. The number of aromatic nitrogens is 1. The zero-order valence-electron chi connectivity index (χ0n) is 9.70. The maximum absolute atomic E-state index is 9.11. The van der Waals surface area contributed by atoms with Gasteiger partial charge in [-0.2, -0.15) is 5.26 Å². The van der Waals surface area contributed by atoms with E-state index in [-0.39, 0.29) is 0 Å². The molecule has 0 aliphatic heterocycles. The average molecular weight is 214 g/mol. The fourth-order valence-electron chi connectivity index (χ4n) is 1.88. The van der Waals surface area contributed by atoms with Gasteiger partial charge in [-0.05, 0) is 12.1 Å². The zero-order valence-corrected chi connectivity index (χ0v) is 9.70. The molecule has 1 aromatic heterocycles. The molecule has 0 radical (unpaired) electrons. The van der Waals surface area contributed by atoms with Crippen molar-refractivity contribution in [1.29, 1.82) is 5.26 Å². The van der Waals surface area contributed by atoms with Crippen molar-refractivity contribution in [1.82, 2.24) is 4.57 Å². The highest BCUT2D eigenvalue weighted by Gasteiger charge is 2.08. The predicted molar refractivity (Wildman–Crippen MR) is 64.3 cm³/mol. The van der Waals surface area contributed by atoms with Gasteiger partial charge in [0.05, 0.1) is 27.2 Å². The van der Waals surface area contributed by atoms with E-state index in [9.17, 15) is 0 Å². The van der Waals surface area contributed by atoms with Crippen LogP contribution in [0.3, 0.4) is 0 Å². The van der Waals surface area contributed by atoms with Gasteiger partial charge in [0.25, 0.3) is 0 Å². The first kappa shape index (κ1) is 10.7. The van der Waals surface area contributed by atoms with Crippen LogP contribution in [0.15, 0.2) is 30.3 Å². The van der Waals surface area contributed by atoms with Crippen molar-refractivity contribution in [3.63, 3.8) is 0 Å². The molecule has 0 saturated carbocycles. The van der Waals surface area contributed by atoms with E-state index in [2.05, 4.69) is 36.9 Å². The van der Waals surface area contributed by atoms with E-state index in [1.54, 1.807) is 0 Å². The van der Waals surface area contributed by atoms with Gasteiger partial charge in [-0.1, -0.05) is 18.2 Å². The number of quaternary nitrogens is 1. The van der Waals surface area contributed by atoms with Crippen molar-refractivity contribution in [3.05, 3.63) is 36.0 Å². The number of hydrogen-bond donors (Lipinski definition) is 1. The van der Waals surface area contributed by atoms with E-state index in [0.29, 0.717) is 0 Å². The fourth-order valence-corrected chi connectivity index (χ4v) is 1.88. The minimum Gasteiger partial charge on any atom is -0.338 e. The molecule has 0 amide bonds. The Labute approximate surface area is 95.5 Å². The smallest absolute Gasteiger partial charge is 0.121 e. The number of nitrogens with zero attached hydrogens (tertiary/aromatic N) is 2. The normalized spacial score (nSPS) is 10.9. The summed E-state index contributed by atoms with van der Waals surface area (Å²) in [6.07, 6.45) is 0. The standard InChI is InChI=1S/C13H15N3/c1-15(2)7-8-16-12(10-14)9-11-5-3-4-6-13(11)16/h3-6,9H,7-8H2,1-2H3/p+1. The number of likely N-dealkylation sites (N-methyl/N-ethyl adjacent to an activating group) is 1. The number of nitriles is 1.